The van der Waals surface area contributed by atoms with E-state index in [4.69, 9.17) is 33.2 Å². The Morgan fingerprint density at radius 1 is 0.909 bits per heavy atom. The zero-order valence-electron chi connectivity index (χ0n) is 30.6. The minimum Gasteiger partial charge on any atom is -0.506 e. The van der Waals surface area contributed by atoms with Crippen molar-refractivity contribution in [2.75, 3.05) is 19.8 Å². The van der Waals surface area contributed by atoms with Gasteiger partial charge >= 0.3 is 12.1 Å². The zero-order valence-corrected chi connectivity index (χ0v) is 30.6. The summed E-state index contributed by atoms with van der Waals surface area (Å²) in [5.74, 6) is -1.91. The van der Waals surface area contributed by atoms with Crippen LogP contribution in [-0.2, 0) is 44.6 Å². The summed E-state index contributed by atoms with van der Waals surface area (Å²) in [5, 5.41) is 77.7. The van der Waals surface area contributed by atoms with Gasteiger partial charge in [0, 0.05) is 13.2 Å². The molecule has 3 heterocycles. The summed E-state index contributed by atoms with van der Waals surface area (Å²) in [6, 6.07) is 13.4. The Labute approximate surface area is 318 Å². The first-order valence-electron chi connectivity index (χ1n) is 18.7. The first kappa shape index (κ1) is 42.5. The second kappa shape index (κ2) is 20.5. The minimum absolute atomic E-state index is 0.0245. The number of unbranched alkanes of at least 4 members (excludes halogenated alkanes) is 4. The van der Waals surface area contributed by atoms with Crippen molar-refractivity contribution in [3.8, 4) is 0 Å². The van der Waals surface area contributed by atoms with Gasteiger partial charge in [0.2, 0.25) is 6.29 Å². The van der Waals surface area contributed by atoms with Gasteiger partial charge in [-0.1, -0.05) is 75.4 Å². The Kier molecular flexibility index (Phi) is 15.9. The zero-order chi connectivity index (χ0) is 39.5. The minimum atomic E-state index is -1.76. The third kappa shape index (κ3) is 11.3. The lowest BCUT2D eigenvalue weighted by Gasteiger charge is -2.46. The molecule has 17 heteroatoms. The summed E-state index contributed by atoms with van der Waals surface area (Å²) in [4.78, 5) is 25.0. The van der Waals surface area contributed by atoms with Crippen molar-refractivity contribution in [1.29, 1.82) is 0 Å². The molecule has 2 saturated heterocycles. The standard InChI is InChI=1S/C38H53NO16/c1-2-3-4-5-6-11-26(35(46)47)52-34-30(43)28(18-40)54-37(32(34)45)53-25-14-15-49-27(33(25)55-36-31(44)29(42)24(41)20-50-36)17-39-38(48)51-19-21-12-13-22-9-7-8-10-23(22)16-21/h7-10,12-13,16,20,25-34,36-37,40-45H,2-6,11,14-15,17-19H2,1H3,(H,39,48)(H,46,47). The van der Waals surface area contributed by atoms with Crippen LogP contribution in [0.1, 0.15) is 57.4 Å². The molecule has 0 aliphatic carbocycles. The highest BCUT2D eigenvalue weighted by Gasteiger charge is 2.50. The maximum absolute atomic E-state index is 12.8. The molecule has 0 saturated carbocycles. The number of carboxylic acid groups (broad SMARTS) is 1. The molecule has 17 nitrogen and oxygen atoms in total. The molecule has 1 amide bonds. The molecule has 55 heavy (non-hydrogen) atoms. The maximum atomic E-state index is 12.8. The largest absolute Gasteiger partial charge is 0.506 e. The first-order chi connectivity index (χ1) is 26.5. The molecule has 0 aromatic heterocycles. The Morgan fingerprint density at radius 3 is 2.42 bits per heavy atom. The number of fused-ring (bicyclic) bond motifs is 1. The molecule has 12 atom stereocenters. The molecular formula is C38H53NO16. The lowest BCUT2D eigenvalue weighted by Crippen LogP contribution is -2.63. The summed E-state index contributed by atoms with van der Waals surface area (Å²) in [7, 11) is 0. The SMILES string of the molecule is CCCCCCCC(OC1C(O)C(CO)OC(OC2CCOC(CNC(=O)OCc3ccc4ccccc4c3)C2OC2OC=C(O)C(O)C2O)C1O)C(=O)O. The van der Waals surface area contributed by atoms with Crippen molar-refractivity contribution < 1.29 is 78.5 Å². The van der Waals surface area contributed by atoms with Gasteiger partial charge in [-0.15, -0.1) is 0 Å². The number of benzene rings is 2. The monoisotopic (exact) mass is 779 g/mol. The maximum Gasteiger partial charge on any atom is 0.407 e. The molecule has 5 rings (SSSR count). The summed E-state index contributed by atoms with van der Waals surface area (Å²) in [6.07, 6.45) is -13.0. The normalized spacial score (nSPS) is 31.6. The second-order valence-electron chi connectivity index (χ2n) is 13.9. The Bertz CT molecular complexity index is 1560. The summed E-state index contributed by atoms with van der Waals surface area (Å²) < 4.78 is 40.5. The van der Waals surface area contributed by atoms with Crippen LogP contribution in [0, 0.1) is 0 Å². The average Bonchev–Trinajstić information content (AvgIpc) is 3.18. The number of carboxylic acids is 1. The number of hydrogen-bond donors (Lipinski definition) is 8. The van der Waals surface area contributed by atoms with E-state index >= 15 is 0 Å². The fraction of sp³-hybridized carbons (Fsp3) is 0.632. The average molecular weight is 780 g/mol. The van der Waals surface area contributed by atoms with Crippen LogP contribution in [0.15, 0.2) is 54.5 Å². The van der Waals surface area contributed by atoms with E-state index in [0.29, 0.717) is 6.42 Å². The molecule has 0 bridgehead atoms. The van der Waals surface area contributed by atoms with Crippen molar-refractivity contribution in [2.45, 2.75) is 132 Å². The number of rotatable bonds is 18. The van der Waals surface area contributed by atoms with Crippen molar-refractivity contribution in [1.82, 2.24) is 5.32 Å². The second-order valence-corrected chi connectivity index (χ2v) is 13.9. The van der Waals surface area contributed by atoms with E-state index in [1.54, 1.807) is 0 Å². The van der Waals surface area contributed by atoms with Crippen molar-refractivity contribution in [3.63, 3.8) is 0 Å². The lowest BCUT2D eigenvalue weighted by atomic mass is 9.97. The topological polar surface area (TPSA) is 252 Å². The van der Waals surface area contributed by atoms with Gasteiger partial charge < -0.3 is 74.2 Å². The van der Waals surface area contributed by atoms with Crippen LogP contribution < -0.4 is 5.32 Å². The number of nitrogens with one attached hydrogen (secondary N) is 1. The van der Waals surface area contributed by atoms with E-state index < -0.39 is 98.0 Å². The van der Waals surface area contributed by atoms with Crippen LogP contribution in [0.5, 0.6) is 0 Å². The van der Waals surface area contributed by atoms with Gasteiger partial charge in [-0.05, 0) is 35.2 Å². The molecule has 3 aliphatic rings. The number of aliphatic hydroxyl groups excluding tert-OH is 6. The molecule has 306 valence electrons. The van der Waals surface area contributed by atoms with E-state index in [1.807, 2.05) is 42.5 Å². The third-order valence-corrected chi connectivity index (χ3v) is 9.92. The van der Waals surface area contributed by atoms with Gasteiger partial charge in [-0.3, -0.25) is 0 Å². The van der Waals surface area contributed by atoms with Gasteiger partial charge in [-0.25, -0.2) is 9.59 Å². The molecule has 0 radical (unpaired) electrons. The highest BCUT2D eigenvalue weighted by molar-refractivity contribution is 5.83. The van der Waals surface area contributed by atoms with Gasteiger partial charge in [-0.2, -0.15) is 0 Å². The summed E-state index contributed by atoms with van der Waals surface area (Å²) in [6.45, 7) is 1.16. The fourth-order valence-corrected chi connectivity index (χ4v) is 6.79. The van der Waals surface area contributed by atoms with E-state index in [1.165, 1.54) is 0 Å². The molecular weight excluding hydrogens is 726 g/mol. The highest BCUT2D eigenvalue weighted by Crippen LogP contribution is 2.32. The van der Waals surface area contributed by atoms with E-state index in [9.17, 15) is 45.3 Å². The fourth-order valence-electron chi connectivity index (χ4n) is 6.79. The van der Waals surface area contributed by atoms with Crippen molar-refractivity contribution >= 4 is 22.8 Å². The van der Waals surface area contributed by atoms with E-state index in [-0.39, 0.29) is 32.6 Å². The third-order valence-electron chi connectivity index (χ3n) is 9.92. The van der Waals surface area contributed by atoms with Crippen LogP contribution in [0.25, 0.3) is 10.8 Å². The lowest BCUT2D eigenvalue weighted by molar-refractivity contribution is -0.343. The predicted octanol–water partition coefficient (Wildman–Crippen LogP) is 1.74. The van der Waals surface area contributed by atoms with Crippen LogP contribution in [0.2, 0.25) is 0 Å². The van der Waals surface area contributed by atoms with Crippen molar-refractivity contribution in [3.05, 3.63) is 60.0 Å². The number of hydrogen-bond acceptors (Lipinski definition) is 15. The highest BCUT2D eigenvalue weighted by atomic mass is 16.7. The molecule has 0 spiro atoms. The van der Waals surface area contributed by atoms with Crippen molar-refractivity contribution in [2.24, 2.45) is 0 Å². The van der Waals surface area contributed by atoms with Crippen LogP contribution in [-0.4, -0.2) is 141 Å². The number of alkyl carbamates (subject to hydrolysis) is 1. The Morgan fingerprint density at radius 2 is 1.67 bits per heavy atom. The van der Waals surface area contributed by atoms with Crippen LogP contribution in [0.4, 0.5) is 4.79 Å². The molecule has 12 unspecified atom stereocenters. The smallest absolute Gasteiger partial charge is 0.407 e. The molecule has 3 aliphatic heterocycles. The van der Waals surface area contributed by atoms with E-state index in [2.05, 4.69) is 12.2 Å². The summed E-state index contributed by atoms with van der Waals surface area (Å²) >= 11 is 0. The Balaban J connectivity index is 1.28. The number of ether oxygens (including phenoxy) is 7. The van der Waals surface area contributed by atoms with Gasteiger partial charge in [0.05, 0.1) is 12.7 Å². The Hall–Kier alpha value is -3.62. The molecule has 8 N–H and O–H groups in total. The van der Waals surface area contributed by atoms with Gasteiger partial charge in [0.1, 0.15) is 61.7 Å². The molecule has 2 fully saturated rings. The quantitative estimate of drug-likeness (QED) is 0.100. The summed E-state index contributed by atoms with van der Waals surface area (Å²) in [5.41, 5.74) is 0.761. The number of aliphatic hydroxyl groups is 6. The predicted molar refractivity (Wildman–Crippen MR) is 191 cm³/mol. The number of amides is 1. The van der Waals surface area contributed by atoms with Crippen LogP contribution in [0.3, 0.4) is 0 Å². The van der Waals surface area contributed by atoms with Crippen LogP contribution >= 0.6 is 0 Å². The van der Waals surface area contributed by atoms with Gasteiger partial charge in [0.15, 0.2) is 18.2 Å². The van der Waals surface area contributed by atoms with Gasteiger partial charge in [0.25, 0.3) is 0 Å². The van der Waals surface area contributed by atoms with E-state index in [0.717, 1.165) is 48.3 Å². The number of carbonyl (C=O) groups excluding carboxylic acids is 1. The number of carbonyl (C=O) groups is 2. The first-order valence-corrected chi connectivity index (χ1v) is 18.7. The molecule has 2 aromatic carbocycles. The number of aliphatic carboxylic acids is 1. The molecule has 2 aromatic rings.